The van der Waals surface area contributed by atoms with E-state index < -0.39 is 23.4 Å². The van der Waals surface area contributed by atoms with Crippen molar-refractivity contribution >= 4 is 46.5 Å². The number of nitrogens with one attached hydrogen (secondary N) is 2. The van der Waals surface area contributed by atoms with Gasteiger partial charge in [-0.1, -0.05) is 122 Å². The first kappa shape index (κ1) is 68.5. The third kappa shape index (κ3) is 37.3. The van der Waals surface area contributed by atoms with Crippen molar-refractivity contribution in [1.82, 2.24) is 10.6 Å². The van der Waals surface area contributed by atoms with Crippen LogP contribution in [0.3, 0.4) is 0 Å². The van der Waals surface area contributed by atoms with Gasteiger partial charge in [-0.3, -0.25) is 4.79 Å². The minimum atomic E-state index is -0.498. The number of nitrogens with two attached hydrogens (primary N) is 1. The summed E-state index contributed by atoms with van der Waals surface area (Å²) in [4.78, 5) is 32.1. The lowest BCUT2D eigenvalue weighted by molar-refractivity contribution is -0.140. The van der Waals surface area contributed by atoms with Crippen LogP contribution in [-0.2, 0) is 19.0 Å². The second kappa shape index (κ2) is 40.7. The largest absolute Gasteiger partial charge is 0.493 e. The molecule has 0 bridgehead atoms. The monoisotopic (exact) mass is 1130 g/mol. The number of hydrogen-bond acceptors (Lipinski definition) is 10. The fraction of sp³-hybridized carbons (Fsp3) is 0.565. The topological polar surface area (TPSA) is 157 Å². The van der Waals surface area contributed by atoms with Crippen LogP contribution in [0.4, 0.5) is 9.59 Å². The zero-order valence-electron chi connectivity index (χ0n) is 46.8. The van der Waals surface area contributed by atoms with Gasteiger partial charge in [0.25, 0.3) is 0 Å². The van der Waals surface area contributed by atoms with E-state index in [4.69, 9.17) is 35.8 Å². The van der Waals surface area contributed by atoms with Crippen molar-refractivity contribution in [3.63, 3.8) is 0 Å². The minimum Gasteiger partial charge on any atom is -0.493 e. The fourth-order valence-corrected chi connectivity index (χ4v) is 8.34. The second-order valence-electron chi connectivity index (χ2n) is 20.6. The fourth-order valence-electron chi connectivity index (χ4n) is 7.96. The zero-order chi connectivity index (χ0) is 55.2. The van der Waals surface area contributed by atoms with E-state index in [1.165, 1.54) is 103 Å². The number of halogens is 2. The Labute approximate surface area is 471 Å². The SMILES string of the molecule is Brc1cccc(OCC2CCCCC2)c1.C#CCNC(=O)OC(C)(C)C.CC(C)(C)OC(=O)NCC#Cc1cccc(OCC2CCCCC2)c1.CCOC(C)=O.Cl.NCC#Cc1cccc(OCC2CCCCC2)c1. The second-order valence-corrected chi connectivity index (χ2v) is 21.5. The predicted octanol–water partition coefficient (Wildman–Crippen LogP) is 14.0. The van der Waals surface area contributed by atoms with Gasteiger partial charge in [-0.15, -0.1) is 18.8 Å². The third-order valence-corrected chi connectivity index (χ3v) is 12.0. The molecule has 14 heteroatoms. The first-order valence-corrected chi connectivity index (χ1v) is 27.7. The quantitative estimate of drug-likeness (QED) is 0.0906. The van der Waals surface area contributed by atoms with Crippen LogP contribution in [0.25, 0.3) is 0 Å². The highest BCUT2D eigenvalue weighted by molar-refractivity contribution is 9.10. The number of carbonyl (C=O) groups is 3. The van der Waals surface area contributed by atoms with Crippen molar-refractivity contribution in [2.45, 2.75) is 163 Å². The van der Waals surface area contributed by atoms with E-state index in [1.54, 1.807) is 27.7 Å². The zero-order valence-corrected chi connectivity index (χ0v) is 49.2. The predicted molar refractivity (Wildman–Crippen MR) is 313 cm³/mol. The molecule has 0 aromatic heterocycles. The molecule has 12 nitrogen and oxygen atoms in total. The lowest BCUT2D eigenvalue weighted by Crippen LogP contribution is -2.32. The molecule has 0 saturated heterocycles. The van der Waals surface area contributed by atoms with Gasteiger partial charge in [-0.05, 0) is 159 Å². The Hall–Kier alpha value is -5.52. The molecule has 420 valence electrons. The number of benzene rings is 3. The first-order valence-electron chi connectivity index (χ1n) is 26.9. The maximum absolute atomic E-state index is 11.5. The Morgan fingerprint density at radius 3 is 1.33 bits per heavy atom. The highest BCUT2D eigenvalue weighted by Gasteiger charge is 2.18. The number of rotatable bonds is 12. The normalized spacial score (nSPS) is 14.2. The number of ether oxygens (including phenoxy) is 6. The van der Waals surface area contributed by atoms with Gasteiger partial charge in [-0.25, -0.2) is 9.59 Å². The van der Waals surface area contributed by atoms with Gasteiger partial charge in [-0.2, -0.15) is 0 Å². The van der Waals surface area contributed by atoms with E-state index in [0.717, 1.165) is 64.5 Å². The van der Waals surface area contributed by atoms with Crippen molar-refractivity contribution in [2.75, 3.05) is 46.1 Å². The highest BCUT2D eigenvalue weighted by Crippen LogP contribution is 2.27. The molecule has 76 heavy (non-hydrogen) atoms. The van der Waals surface area contributed by atoms with Crippen molar-refractivity contribution < 1.29 is 42.8 Å². The molecule has 3 aliphatic rings. The summed E-state index contributed by atoms with van der Waals surface area (Å²) < 4.78 is 33.1. The standard InChI is InChI=1S/C21H29NO3.C16H21NO.C13H17BrO.C8H13NO2.C4H8O2.ClH/c1-21(2,3)25-20(23)22-14-8-12-17-11-7-13-19(15-17)24-16-18-9-5-4-6-10-18;17-11-5-9-14-8-4-10-16(12-14)18-13-15-6-2-1-3-7-15;14-12-7-4-8-13(9-12)15-10-11-5-2-1-3-6-11;1-5-6-9-7(10)11-8(2,3)4;1-3-6-4(2)5;/h7,11,13,15,18H,4-6,9-10,14,16H2,1-3H3,(H,22,23);4,8,10,12,15H,1-3,6-7,11,13,17H2;4,7-9,11H,1-3,5-6,10H2;1H,6H2,2-4H3,(H,9,10);3H2,1-2H3;1H. The van der Waals surface area contributed by atoms with E-state index in [1.807, 2.05) is 93.6 Å². The summed E-state index contributed by atoms with van der Waals surface area (Å²) in [5.41, 5.74) is 6.26. The van der Waals surface area contributed by atoms with Gasteiger partial charge >= 0.3 is 18.2 Å². The first-order chi connectivity index (χ1) is 35.9. The van der Waals surface area contributed by atoms with Crippen LogP contribution >= 0.6 is 28.3 Å². The van der Waals surface area contributed by atoms with E-state index in [0.29, 0.717) is 19.1 Å². The maximum Gasteiger partial charge on any atom is 0.408 e. The maximum atomic E-state index is 11.5. The molecule has 0 heterocycles. The molecule has 3 aromatic rings. The number of amides is 2. The molecule has 0 atom stereocenters. The van der Waals surface area contributed by atoms with Crippen molar-refractivity contribution in [3.8, 4) is 53.3 Å². The lowest BCUT2D eigenvalue weighted by Gasteiger charge is -2.21. The highest BCUT2D eigenvalue weighted by atomic mass is 79.9. The Balaban J connectivity index is 0.000000503. The third-order valence-electron chi connectivity index (χ3n) is 11.5. The molecule has 3 aromatic carbocycles. The van der Waals surface area contributed by atoms with Gasteiger partial charge in [0.05, 0.1) is 46.1 Å². The Morgan fingerprint density at radius 1 is 0.605 bits per heavy atom. The van der Waals surface area contributed by atoms with Crippen LogP contribution < -0.4 is 30.6 Å². The summed E-state index contributed by atoms with van der Waals surface area (Å²) in [6.07, 6.45) is 24.1. The lowest BCUT2D eigenvalue weighted by atomic mass is 9.90. The van der Waals surface area contributed by atoms with Crippen LogP contribution in [0.2, 0.25) is 0 Å². The minimum absolute atomic E-state index is 0. The van der Waals surface area contributed by atoms with Gasteiger partial charge < -0.3 is 44.8 Å². The number of hydrogen-bond donors (Lipinski definition) is 3. The summed E-state index contributed by atoms with van der Waals surface area (Å²) in [5.74, 6) is 18.9. The van der Waals surface area contributed by atoms with Crippen molar-refractivity contribution in [3.05, 3.63) is 88.4 Å². The van der Waals surface area contributed by atoms with Gasteiger partial charge in [0, 0.05) is 22.5 Å². The molecule has 6 rings (SSSR count). The molecule has 0 unspecified atom stereocenters. The Kier molecular flexibility index (Phi) is 36.7. The molecular formula is C62H89BrClN3O9. The average molecular weight is 1140 g/mol. The number of esters is 1. The molecule has 3 aliphatic carbocycles. The van der Waals surface area contributed by atoms with Crippen LogP contribution in [0.5, 0.6) is 17.2 Å². The molecule has 3 fully saturated rings. The summed E-state index contributed by atoms with van der Waals surface area (Å²) in [7, 11) is 0. The number of carbonyl (C=O) groups excluding carboxylic acids is 3. The summed E-state index contributed by atoms with van der Waals surface area (Å²) in [6.45, 7) is 17.9. The van der Waals surface area contributed by atoms with Crippen LogP contribution in [0, 0.1) is 53.8 Å². The van der Waals surface area contributed by atoms with Gasteiger partial charge in [0.2, 0.25) is 0 Å². The Bertz CT molecular complexity index is 2250. The van der Waals surface area contributed by atoms with Crippen LogP contribution in [0.15, 0.2) is 77.3 Å². The molecule has 3 saturated carbocycles. The van der Waals surface area contributed by atoms with Crippen molar-refractivity contribution in [1.29, 1.82) is 0 Å². The molecule has 0 spiro atoms. The van der Waals surface area contributed by atoms with Crippen LogP contribution in [0.1, 0.15) is 163 Å². The number of alkyl carbamates (subject to hydrolysis) is 2. The summed E-state index contributed by atoms with van der Waals surface area (Å²) >= 11 is 3.45. The molecule has 4 N–H and O–H groups in total. The average Bonchev–Trinajstić information content (AvgIpc) is 3.38. The van der Waals surface area contributed by atoms with Crippen molar-refractivity contribution in [2.24, 2.45) is 23.5 Å². The van der Waals surface area contributed by atoms with E-state index in [2.05, 4.69) is 60.9 Å². The van der Waals surface area contributed by atoms with E-state index in [-0.39, 0.29) is 31.5 Å². The van der Waals surface area contributed by atoms with E-state index >= 15 is 0 Å². The van der Waals surface area contributed by atoms with Gasteiger partial charge in [0.15, 0.2) is 0 Å². The molecule has 0 radical (unpaired) electrons. The smallest absolute Gasteiger partial charge is 0.408 e. The molecule has 0 aliphatic heterocycles. The molecular weight excluding hydrogens is 1050 g/mol. The number of terminal acetylenes is 1. The van der Waals surface area contributed by atoms with Gasteiger partial charge in [0.1, 0.15) is 28.5 Å². The molecule has 2 amide bonds. The summed E-state index contributed by atoms with van der Waals surface area (Å²) in [5, 5.41) is 5.02. The van der Waals surface area contributed by atoms with Crippen LogP contribution in [-0.4, -0.2) is 75.4 Å². The van der Waals surface area contributed by atoms with E-state index in [9.17, 15) is 14.4 Å². The summed E-state index contributed by atoms with van der Waals surface area (Å²) in [6, 6.07) is 23.8. The Morgan fingerprint density at radius 2 is 0.987 bits per heavy atom.